The lowest BCUT2D eigenvalue weighted by Gasteiger charge is -2.11. The monoisotopic (exact) mass is 158 g/mol. The molecule has 0 aliphatic heterocycles. The number of carboxylic acids is 1. The third-order valence-electron chi connectivity index (χ3n) is 1.34. The summed E-state index contributed by atoms with van der Waals surface area (Å²) in [6, 6.07) is 0. The van der Waals surface area contributed by atoms with Crippen molar-refractivity contribution in [3.05, 3.63) is 12.2 Å². The summed E-state index contributed by atoms with van der Waals surface area (Å²) in [5.74, 6) is -0.992. The molecule has 1 N–H and O–H groups in total. The third kappa shape index (κ3) is 3.78. The van der Waals surface area contributed by atoms with Crippen molar-refractivity contribution in [2.75, 3.05) is 6.61 Å². The lowest BCUT2D eigenvalue weighted by atomic mass is 10.2. The van der Waals surface area contributed by atoms with E-state index in [1.54, 1.807) is 6.92 Å². The van der Waals surface area contributed by atoms with E-state index in [0.717, 1.165) is 6.42 Å². The molecule has 0 aliphatic rings. The number of carboxylic acid groups (broad SMARTS) is 1. The van der Waals surface area contributed by atoms with Crippen molar-refractivity contribution in [2.24, 2.45) is 0 Å². The Morgan fingerprint density at radius 3 is 2.64 bits per heavy atom. The summed E-state index contributed by atoms with van der Waals surface area (Å²) >= 11 is 0. The van der Waals surface area contributed by atoms with Crippen LogP contribution in [0.1, 0.15) is 20.3 Å². The first-order chi connectivity index (χ1) is 5.09. The summed E-state index contributed by atoms with van der Waals surface area (Å²) < 4.78 is 5.13. The van der Waals surface area contributed by atoms with E-state index in [2.05, 4.69) is 6.58 Å². The highest BCUT2D eigenvalue weighted by atomic mass is 16.5. The molecule has 0 spiro atoms. The van der Waals surface area contributed by atoms with Crippen LogP contribution in [0.5, 0.6) is 0 Å². The van der Waals surface area contributed by atoms with Crippen LogP contribution in [-0.2, 0) is 9.53 Å². The molecule has 0 aliphatic carbocycles. The van der Waals surface area contributed by atoms with Crippen LogP contribution >= 0.6 is 0 Å². The first kappa shape index (κ1) is 10.2. The molecule has 0 heterocycles. The molecule has 0 bridgehead atoms. The molecule has 0 saturated carbocycles. The van der Waals surface area contributed by atoms with Gasteiger partial charge >= 0.3 is 5.97 Å². The van der Waals surface area contributed by atoms with Gasteiger partial charge in [0.1, 0.15) is 0 Å². The molecule has 0 fully saturated rings. The zero-order valence-corrected chi connectivity index (χ0v) is 6.96. The predicted molar refractivity (Wildman–Crippen MR) is 42.5 cm³/mol. The third-order valence-corrected chi connectivity index (χ3v) is 1.34. The van der Waals surface area contributed by atoms with Crippen molar-refractivity contribution in [2.45, 2.75) is 26.4 Å². The standard InChI is InChI=1S/C8H14O3/c1-4-5-11-7(3)6(2)8(9)10/h7H,2,4-5H2,1,3H3,(H,9,10). The molecule has 64 valence electrons. The Morgan fingerprint density at radius 1 is 1.73 bits per heavy atom. The number of carbonyl (C=O) groups is 1. The van der Waals surface area contributed by atoms with E-state index in [0.29, 0.717) is 6.61 Å². The maximum absolute atomic E-state index is 10.3. The Labute approximate surface area is 66.7 Å². The highest BCUT2D eigenvalue weighted by Crippen LogP contribution is 2.03. The van der Waals surface area contributed by atoms with E-state index < -0.39 is 5.97 Å². The SMILES string of the molecule is C=C(C(=O)O)C(C)OCCC. The minimum Gasteiger partial charge on any atom is -0.478 e. The lowest BCUT2D eigenvalue weighted by molar-refractivity contribution is -0.134. The molecule has 0 aromatic rings. The smallest absolute Gasteiger partial charge is 0.333 e. The Bertz CT molecular complexity index is 151. The van der Waals surface area contributed by atoms with Gasteiger partial charge in [0.05, 0.1) is 11.7 Å². The second-order valence-electron chi connectivity index (χ2n) is 2.34. The van der Waals surface area contributed by atoms with E-state index >= 15 is 0 Å². The van der Waals surface area contributed by atoms with Crippen LogP contribution in [0, 0.1) is 0 Å². The summed E-state index contributed by atoms with van der Waals surface area (Å²) in [7, 11) is 0. The number of rotatable bonds is 5. The zero-order valence-electron chi connectivity index (χ0n) is 6.96. The molecule has 3 nitrogen and oxygen atoms in total. The topological polar surface area (TPSA) is 46.5 Å². The van der Waals surface area contributed by atoms with Gasteiger partial charge in [-0.05, 0) is 13.3 Å². The van der Waals surface area contributed by atoms with Gasteiger partial charge < -0.3 is 9.84 Å². The maximum Gasteiger partial charge on any atom is 0.333 e. The maximum atomic E-state index is 10.3. The predicted octanol–water partition coefficient (Wildman–Crippen LogP) is 1.44. The first-order valence-electron chi connectivity index (χ1n) is 3.63. The van der Waals surface area contributed by atoms with Gasteiger partial charge in [-0.15, -0.1) is 0 Å². The molecule has 0 radical (unpaired) electrons. The van der Waals surface area contributed by atoms with Crippen molar-refractivity contribution in [3.8, 4) is 0 Å². The van der Waals surface area contributed by atoms with Gasteiger partial charge in [-0.3, -0.25) is 0 Å². The van der Waals surface area contributed by atoms with E-state index in [9.17, 15) is 4.79 Å². The van der Waals surface area contributed by atoms with Gasteiger partial charge in [0.25, 0.3) is 0 Å². The van der Waals surface area contributed by atoms with Crippen LogP contribution in [-0.4, -0.2) is 23.8 Å². The van der Waals surface area contributed by atoms with E-state index in [1.165, 1.54) is 0 Å². The van der Waals surface area contributed by atoms with Crippen LogP contribution in [0.2, 0.25) is 0 Å². The summed E-state index contributed by atoms with van der Waals surface area (Å²) in [4.78, 5) is 10.3. The largest absolute Gasteiger partial charge is 0.478 e. The molecule has 3 heteroatoms. The molecule has 1 unspecified atom stereocenters. The average molecular weight is 158 g/mol. The Kier molecular flexibility index (Phi) is 4.54. The molecule has 0 rings (SSSR count). The number of ether oxygens (including phenoxy) is 1. The Morgan fingerprint density at radius 2 is 2.27 bits per heavy atom. The van der Waals surface area contributed by atoms with Crippen LogP contribution in [0.4, 0.5) is 0 Å². The molecular formula is C8H14O3. The van der Waals surface area contributed by atoms with Crippen molar-refractivity contribution in [3.63, 3.8) is 0 Å². The second-order valence-corrected chi connectivity index (χ2v) is 2.34. The number of aliphatic carboxylic acids is 1. The fraction of sp³-hybridized carbons (Fsp3) is 0.625. The second kappa shape index (κ2) is 4.91. The van der Waals surface area contributed by atoms with Crippen molar-refractivity contribution in [1.82, 2.24) is 0 Å². The van der Waals surface area contributed by atoms with Gasteiger partial charge in [0.15, 0.2) is 0 Å². The molecule has 11 heavy (non-hydrogen) atoms. The minimum atomic E-state index is -0.992. The molecule has 0 aromatic carbocycles. The minimum absolute atomic E-state index is 0.110. The lowest BCUT2D eigenvalue weighted by Crippen LogP contribution is -2.17. The highest BCUT2D eigenvalue weighted by molar-refractivity contribution is 5.86. The molecule has 0 aromatic heterocycles. The van der Waals surface area contributed by atoms with Crippen LogP contribution in [0.25, 0.3) is 0 Å². The van der Waals surface area contributed by atoms with Gasteiger partial charge in [0.2, 0.25) is 0 Å². The van der Waals surface area contributed by atoms with E-state index in [-0.39, 0.29) is 11.7 Å². The average Bonchev–Trinajstić information content (AvgIpc) is 1.98. The summed E-state index contributed by atoms with van der Waals surface area (Å²) in [5.41, 5.74) is 0.110. The number of hydrogen-bond donors (Lipinski definition) is 1. The molecular weight excluding hydrogens is 144 g/mol. The van der Waals surface area contributed by atoms with Gasteiger partial charge in [-0.2, -0.15) is 0 Å². The van der Waals surface area contributed by atoms with E-state index in [1.807, 2.05) is 6.92 Å². The van der Waals surface area contributed by atoms with Crippen LogP contribution in [0.3, 0.4) is 0 Å². The van der Waals surface area contributed by atoms with Gasteiger partial charge in [-0.25, -0.2) is 4.79 Å². The molecule has 0 amide bonds. The normalized spacial score (nSPS) is 12.5. The fourth-order valence-electron chi connectivity index (χ4n) is 0.569. The Balaban J connectivity index is 3.73. The summed E-state index contributed by atoms with van der Waals surface area (Å²) in [6.07, 6.45) is 0.504. The summed E-state index contributed by atoms with van der Waals surface area (Å²) in [5, 5.41) is 8.47. The Hall–Kier alpha value is -0.830. The quantitative estimate of drug-likeness (QED) is 0.616. The molecule has 1 atom stereocenters. The van der Waals surface area contributed by atoms with Crippen molar-refractivity contribution < 1.29 is 14.6 Å². The fourth-order valence-corrected chi connectivity index (χ4v) is 0.569. The highest BCUT2D eigenvalue weighted by Gasteiger charge is 2.12. The molecule has 0 saturated heterocycles. The van der Waals surface area contributed by atoms with Crippen LogP contribution < -0.4 is 0 Å². The van der Waals surface area contributed by atoms with Crippen LogP contribution in [0.15, 0.2) is 12.2 Å². The zero-order chi connectivity index (χ0) is 8.85. The van der Waals surface area contributed by atoms with Gasteiger partial charge in [0, 0.05) is 6.61 Å². The van der Waals surface area contributed by atoms with Crippen molar-refractivity contribution in [1.29, 1.82) is 0 Å². The number of hydrogen-bond acceptors (Lipinski definition) is 2. The summed E-state index contributed by atoms with van der Waals surface area (Å²) in [6.45, 7) is 7.61. The van der Waals surface area contributed by atoms with E-state index in [4.69, 9.17) is 9.84 Å². The van der Waals surface area contributed by atoms with Crippen molar-refractivity contribution >= 4 is 5.97 Å². The first-order valence-corrected chi connectivity index (χ1v) is 3.63. The van der Waals surface area contributed by atoms with Gasteiger partial charge in [-0.1, -0.05) is 13.5 Å².